The lowest BCUT2D eigenvalue weighted by Crippen LogP contribution is -2.42. The number of rotatable bonds is 3. The molecule has 124 valence electrons. The number of fused-ring (bicyclic) bond motifs is 1. The minimum Gasteiger partial charge on any atom is -0.492 e. The Kier molecular flexibility index (Phi) is 3.75. The van der Waals surface area contributed by atoms with Gasteiger partial charge in [0.05, 0.1) is 29.8 Å². The number of imidazole rings is 1. The largest absolute Gasteiger partial charge is 0.492 e. The average molecular weight is 327 g/mol. The van der Waals surface area contributed by atoms with Crippen molar-refractivity contribution < 1.29 is 14.9 Å². The Morgan fingerprint density at radius 3 is 3.17 bits per heavy atom. The molecule has 1 fully saturated rings. The number of hydrogen-bond donors (Lipinski definition) is 4. The van der Waals surface area contributed by atoms with Gasteiger partial charge in [-0.1, -0.05) is 6.07 Å². The molecule has 0 radical (unpaired) electrons. The summed E-state index contributed by atoms with van der Waals surface area (Å²) in [5, 5.41) is 24.7. The van der Waals surface area contributed by atoms with Gasteiger partial charge in [0, 0.05) is 6.61 Å². The lowest BCUT2D eigenvalue weighted by Gasteiger charge is -2.28. The minimum atomic E-state index is -0.503. The van der Waals surface area contributed by atoms with Gasteiger partial charge in [-0.2, -0.15) is 4.98 Å². The fourth-order valence-corrected chi connectivity index (χ4v) is 2.75. The Morgan fingerprint density at radius 1 is 1.38 bits per heavy atom. The van der Waals surface area contributed by atoms with E-state index >= 15 is 0 Å². The molecule has 0 unspecified atom stereocenters. The van der Waals surface area contributed by atoms with E-state index in [9.17, 15) is 10.2 Å². The van der Waals surface area contributed by atoms with Crippen LogP contribution in [0.5, 0.6) is 5.88 Å². The van der Waals surface area contributed by atoms with Crippen molar-refractivity contribution in [1.29, 1.82) is 0 Å². The van der Waals surface area contributed by atoms with Gasteiger partial charge >= 0.3 is 0 Å². The maximum atomic E-state index is 10.0. The number of H-pyrrole nitrogens is 1. The second kappa shape index (κ2) is 6.06. The van der Waals surface area contributed by atoms with E-state index in [1.807, 2.05) is 18.2 Å². The Hall–Kier alpha value is -2.71. The molecule has 2 aromatic rings. The van der Waals surface area contributed by atoms with Gasteiger partial charge in [-0.25, -0.2) is 9.98 Å². The highest BCUT2D eigenvalue weighted by atomic mass is 16.5. The molecule has 0 bridgehead atoms. The first kappa shape index (κ1) is 14.9. The first-order valence-electron chi connectivity index (χ1n) is 7.72. The molecule has 8 heteroatoms. The van der Waals surface area contributed by atoms with Crippen LogP contribution in [0.3, 0.4) is 0 Å². The third-order valence-electron chi connectivity index (χ3n) is 4.06. The summed E-state index contributed by atoms with van der Waals surface area (Å²) in [6.45, 7) is 0.947. The fourth-order valence-electron chi connectivity index (χ4n) is 2.75. The van der Waals surface area contributed by atoms with Crippen molar-refractivity contribution in [1.82, 2.24) is 9.97 Å². The van der Waals surface area contributed by atoms with E-state index in [2.05, 4.69) is 25.3 Å². The third kappa shape index (κ3) is 2.89. The third-order valence-corrected chi connectivity index (χ3v) is 4.06. The van der Waals surface area contributed by atoms with E-state index in [4.69, 9.17) is 4.74 Å². The lowest BCUT2D eigenvalue weighted by atomic mass is 10.1. The first-order chi connectivity index (χ1) is 11.7. The average Bonchev–Trinajstić information content (AvgIpc) is 3.16. The van der Waals surface area contributed by atoms with Gasteiger partial charge in [-0.3, -0.25) is 0 Å². The van der Waals surface area contributed by atoms with E-state index in [0.717, 1.165) is 16.3 Å². The molecule has 8 nitrogen and oxygen atoms in total. The maximum Gasteiger partial charge on any atom is 0.238 e. The maximum absolute atomic E-state index is 10.0. The highest BCUT2D eigenvalue weighted by Gasteiger charge is 2.24. The van der Waals surface area contributed by atoms with E-state index in [0.29, 0.717) is 31.3 Å². The van der Waals surface area contributed by atoms with Gasteiger partial charge in [0.1, 0.15) is 12.0 Å². The highest BCUT2D eigenvalue weighted by molar-refractivity contribution is 5.67. The van der Waals surface area contributed by atoms with E-state index in [1.165, 1.54) is 6.34 Å². The second-order valence-electron chi connectivity index (χ2n) is 5.77. The normalized spacial score (nSPS) is 23.1. The Bertz CT molecular complexity index is 905. The number of ether oxygens (including phenoxy) is 1. The van der Waals surface area contributed by atoms with Crippen LogP contribution in [0.2, 0.25) is 0 Å². The van der Waals surface area contributed by atoms with Crippen LogP contribution in [0.25, 0.3) is 6.08 Å². The Balaban J connectivity index is 1.58. The number of aromatic nitrogens is 2. The predicted molar refractivity (Wildman–Crippen MR) is 88.0 cm³/mol. The number of hydrogen-bond acceptors (Lipinski definition) is 7. The SMILES string of the molecule is Oc1nc(N[C@H]2COCC[C@@H]2O)[nH]c1C=c1ccc2c(c1)N=CN=2. The molecule has 2 aliphatic heterocycles. The zero-order chi connectivity index (χ0) is 16.5. The molecule has 2 atom stereocenters. The molecule has 24 heavy (non-hydrogen) atoms. The summed E-state index contributed by atoms with van der Waals surface area (Å²) in [4.78, 5) is 15.3. The zero-order valence-electron chi connectivity index (χ0n) is 12.8. The summed E-state index contributed by atoms with van der Waals surface area (Å²) in [5.74, 6) is 0.278. The van der Waals surface area contributed by atoms with Crippen molar-refractivity contribution in [2.45, 2.75) is 18.6 Å². The van der Waals surface area contributed by atoms with Crippen LogP contribution in [0.4, 0.5) is 11.6 Å². The summed E-state index contributed by atoms with van der Waals surface area (Å²) in [5.41, 5.74) is 1.27. The number of nitrogens with zero attached hydrogens (tertiary/aromatic N) is 3. The van der Waals surface area contributed by atoms with Crippen molar-refractivity contribution >= 4 is 24.1 Å². The number of benzene rings is 1. The molecule has 0 saturated carbocycles. The van der Waals surface area contributed by atoms with Crippen molar-refractivity contribution in [2.24, 2.45) is 9.98 Å². The summed E-state index contributed by atoms with van der Waals surface area (Å²) < 4.78 is 5.34. The molecule has 1 saturated heterocycles. The van der Waals surface area contributed by atoms with Crippen LogP contribution in [0.15, 0.2) is 28.2 Å². The van der Waals surface area contributed by atoms with Crippen LogP contribution in [-0.4, -0.2) is 51.9 Å². The molecule has 0 spiro atoms. The van der Waals surface area contributed by atoms with Gasteiger partial charge in [0.25, 0.3) is 0 Å². The van der Waals surface area contributed by atoms with Gasteiger partial charge in [-0.15, -0.1) is 0 Å². The monoisotopic (exact) mass is 327 g/mol. The number of nitrogens with one attached hydrogen (secondary N) is 2. The molecule has 0 aliphatic carbocycles. The highest BCUT2D eigenvalue weighted by Crippen LogP contribution is 2.19. The molecule has 1 aromatic heterocycles. The number of anilines is 1. The summed E-state index contributed by atoms with van der Waals surface area (Å²) in [7, 11) is 0. The summed E-state index contributed by atoms with van der Waals surface area (Å²) in [6.07, 6.45) is 3.36. The van der Waals surface area contributed by atoms with Gasteiger partial charge in [0.2, 0.25) is 11.8 Å². The number of aliphatic hydroxyl groups excluding tert-OH is 1. The first-order valence-corrected chi connectivity index (χ1v) is 7.72. The topological polar surface area (TPSA) is 115 Å². The standard InChI is InChI=1S/C16H17N5O3/c22-14-3-4-24-7-13(14)20-16-19-12(15(23)21-16)6-9-1-2-10-11(5-9)18-8-17-10/h1-2,5-6,8,13-14,22-23H,3-4,7H2,(H2,19,20,21)/t13-,14-/m0/s1. The number of aromatic amines is 1. The smallest absolute Gasteiger partial charge is 0.238 e. The van der Waals surface area contributed by atoms with Crippen LogP contribution in [0, 0.1) is 0 Å². The number of aliphatic imine (C=N–C) groups is 1. The lowest BCUT2D eigenvalue weighted by molar-refractivity contribution is 0.00294. The van der Waals surface area contributed by atoms with Crippen molar-refractivity contribution in [2.75, 3.05) is 18.5 Å². The van der Waals surface area contributed by atoms with E-state index in [-0.39, 0.29) is 11.9 Å². The van der Waals surface area contributed by atoms with Crippen molar-refractivity contribution in [3.63, 3.8) is 0 Å². The molecule has 0 amide bonds. The van der Waals surface area contributed by atoms with Crippen molar-refractivity contribution in [3.8, 4) is 5.88 Å². The molecule has 4 N–H and O–H groups in total. The van der Waals surface area contributed by atoms with Gasteiger partial charge in [0.15, 0.2) is 0 Å². The summed E-state index contributed by atoms with van der Waals surface area (Å²) in [6, 6.07) is 5.39. The van der Waals surface area contributed by atoms with Crippen LogP contribution >= 0.6 is 0 Å². The zero-order valence-corrected chi connectivity index (χ0v) is 12.8. The minimum absolute atomic E-state index is 0.114. The van der Waals surface area contributed by atoms with Gasteiger partial charge < -0.3 is 25.3 Å². The Morgan fingerprint density at radius 2 is 2.29 bits per heavy atom. The van der Waals surface area contributed by atoms with E-state index in [1.54, 1.807) is 6.08 Å². The van der Waals surface area contributed by atoms with Crippen LogP contribution in [-0.2, 0) is 4.74 Å². The summed E-state index contributed by atoms with van der Waals surface area (Å²) >= 11 is 0. The predicted octanol–water partition coefficient (Wildman–Crippen LogP) is -0.201. The van der Waals surface area contributed by atoms with Gasteiger partial charge in [-0.05, 0) is 29.8 Å². The number of aromatic hydroxyl groups is 1. The molecular formula is C16H17N5O3. The quantitative estimate of drug-likeness (QED) is 0.623. The second-order valence-corrected chi connectivity index (χ2v) is 5.77. The van der Waals surface area contributed by atoms with Crippen LogP contribution < -0.4 is 15.9 Å². The number of aliphatic hydroxyl groups is 1. The molecule has 1 aromatic carbocycles. The molecule has 4 rings (SSSR count). The molecule has 3 heterocycles. The fraction of sp³-hybridized carbons (Fsp3) is 0.312. The molecular weight excluding hydrogens is 310 g/mol. The van der Waals surface area contributed by atoms with Crippen molar-refractivity contribution in [3.05, 3.63) is 34.5 Å². The molecule has 2 aliphatic rings. The Labute approximate surface area is 137 Å². The van der Waals surface area contributed by atoms with Crippen LogP contribution in [0.1, 0.15) is 12.1 Å². The van der Waals surface area contributed by atoms with E-state index < -0.39 is 6.10 Å².